The maximum atomic E-state index is 12.9. The van der Waals surface area contributed by atoms with Crippen molar-refractivity contribution in [2.45, 2.75) is 98.2 Å². The van der Waals surface area contributed by atoms with Crippen LogP contribution in [0.2, 0.25) is 5.02 Å². The lowest BCUT2D eigenvalue weighted by Gasteiger charge is -2.23. The second-order valence-corrected chi connectivity index (χ2v) is 19.8. The molecule has 1 aliphatic carbocycles. The first kappa shape index (κ1) is 41.5. The maximum absolute atomic E-state index is 12.9. The van der Waals surface area contributed by atoms with E-state index in [-0.39, 0.29) is 16.1 Å². The first-order chi connectivity index (χ1) is 24.2. The predicted octanol–water partition coefficient (Wildman–Crippen LogP) is 6.72. The zero-order valence-electron chi connectivity index (χ0n) is 30.2. The fourth-order valence-electron chi connectivity index (χ4n) is 4.53. The van der Waals surface area contributed by atoms with Gasteiger partial charge in [-0.1, -0.05) is 37.5 Å². The molecule has 1 fully saturated rings. The molecule has 0 radical (unpaired) electrons. The van der Waals surface area contributed by atoms with Crippen molar-refractivity contribution < 1.29 is 44.1 Å². The number of hydrogen-bond donors (Lipinski definition) is 2. The molecule has 53 heavy (non-hydrogen) atoms. The molecule has 0 spiro atoms. The SMILES string of the molecule is CC(C)(C)c1cc(NC(=O)C(C)(C)S(=O)(=O)c2ccc(C(F)(F)F)cn2)no1.Cn1nc(C2CC2)cc1NC(=O)C(C)(C)S(=O)(=O)c1ccc(Cl)cc1. The number of hydrogen-bond acceptors (Lipinski definition) is 10. The monoisotopic (exact) mass is 800 g/mol. The van der Waals surface area contributed by atoms with Crippen LogP contribution in [0.3, 0.4) is 0 Å². The summed E-state index contributed by atoms with van der Waals surface area (Å²) < 4.78 is 92.2. The predicted molar refractivity (Wildman–Crippen MR) is 191 cm³/mol. The van der Waals surface area contributed by atoms with Crippen LogP contribution in [-0.2, 0) is 47.9 Å². The molecule has 0 atom stereocenters. The number of aryl methyl sites for hydroxylation is 1. The summed E-state index contributed by atoms with van der Waals surface area (Å²) in [5, 5.41) is 12.9. The number of aromatic nitrogens is 4. The number of halogens is 4. The van der Waals surface area contributed by atoms with Gasteiger partial charge >= 0.3 is 6.18 Å². The summed E-state index contributed by atoms with van der Waals surface area (Å²) in [6.45, 7) is 10.6. The summed E-state index contributed by atoms with van der Waals surface area (Å²) in [7, 11) is -6.55. The largest absolute Gasteiger partial charge is 0.417 e. The lowest BCUT2D eigenvalue weighted by Crippen LogP contribution is -2.44. The number of alkyl halides is 3. The summed E-state index contributed by atoms with van der Waals surface area (Å²) in [6.07, 6.45) is -2.05. The van der Waals surface area contributed by atoms with Crippen LogP contribution < -0.4 is 10.6 Å². The van der Waals surface area contributed by atoms with Gasteiger partial charge in [0.05, 0.1) is 16.2 Å². The average Bonchev–Trinajstić information content (AvgIpc) is 3.69. The van der Waals surface area contributed by atoms with Gasteiger partial charge < -0.3 is 15.2 Å². The van der Waals surface area contributed by atoms with Crippen molar-refractivity contribution in [1.29, 1.82) is 0 Å². The van der Waals surface area contributed by atoms with Crippen molar-refractivity contribution in [3.8, 4) is 0 Å². The van der Waals surface area contributed by atoms with Crippen molar-refractivity contribution in [2.75, 3.05) is 10.6 Å². The summed E-state index contributed by atoms with van der Waals surface area (Å²) in [5.41, 5.74) is -0.538. The highest BCUT2D eigenvalue weighted by atomic mass is 35.5. The van der Waals surface area contributed by atoms with E-state index >= 15 is 0 Å². The van der Waals surface area contributed by atoms with Gasteiger partial charge in [-0.2, -0.15) is 18.3 Å². The van der Waals surface area contributed by atoms with E-state index in [0.717, 1.165) is 38.4 Å². The highest BCUT2D eigenvalue weighted by molar-refractivity contribution is 7.93. The summed E-state index contributed by atoms with van der Waals surface area (Å²) in [6, 6.07) is 10.4. The van der Waals surface area contributed by atoms with Crippen LogP contribution in [0.25, 0.3) is 0 Å². The number of rotatable bonds is 9. The molecule has 4 aromatic rings. The maximum Gasteiger partial charge on any atom is 0.417 e. The van der Waals surface area contributed by atoms with Gasteiger partial charge in [0, 0.05) is 41.7 Å². The van der Waals surface area contributed by atoms with E-state index in [1.807, 2.05) is 20.8 Å². The third-order valence-corrected chi connectivity index (χ3v) is 13.5. The van der Waals surface area contributed by atoms with Crippen LogP contribution in [0.4, 0.5) is 24.8 Å². The molecule has 1 aliphatic rings. The molecular formula is C34H40ClF3N6O7S2. The van der Waals surface area contributed by atoms with E-state index in [4.69, 9.17) is 16.1 Å². The van der Waals surface area contributed by atoms with Gasteiger partial charge in [0.1, 0.15) is 16.3 Å². The van der Waals surface area contributed by atoms with Gasteiger partial charge in [-0.15, -0.1) is 0 Å². The Labute approximate surface area is 310 Å². The topological polar surface area (TPSA) is 183 Å². The second kappa shape index (κ2) is 14.5. The van der Waals surface area contributed by atoms with Crippen LogP contribution in [0.15, 0.2) is 69.2 Å². The first-order valence-electron chi connectivity index (χ1n) is 16.1. The van der Waals surface area contributed by atoms with Crippen molar-refractivity contribution >= 4 is 54.7 Å². The molecule has 288 valence electrons. The molecule has 0 unspecified atom stereocenters. The fourth-order valence-corrected chi connectivity index (χ4v) is 7.29. The Balaban J connectivity index is 0.000000238. The number of amides is 2. The third-order valence-electron chi connectivity index (χ3n) is 8.53. The molecule has 0 aliphatic heterocycles. The number of anilines is 2. The van der Waals surface area contributed by atoms with E-state index in [2.05, 4.69) is 25.9 Å². The number of sulfone groups is 2. The van der Waals surface area contributed by atoms with E-state index in [9.17, 15) is 39.6 Å². The Morgan fingerprint density at radius 1 is 0.849 bits per heavy atom. The van der Waals surface area contributed by atoms with Gasteiger partial charge in [-0.25, -0.2) is 21.8 Å². The summed E-state index contributed by atoms with van der Waals surface area (Å²) in [5.74, 6) is -0.0869. The molecule has 5 rings (SSSR count). The highest BCUT2D eigenvalue weighted by Crippen LogP contribution is 2.40. The molecule has 2 N–H and O–H groups in total. The Morgan fingerprint density at radius 2 is 1.42 bits per heavy atom. The molecule has 2 amide bonds. The molecule has 0 saturated heterocycles. The molecular weight excluding hydrogens is 761 g/mol. The zero-order valence-corrected chi connectivity index (χ0v) is 32.6. The molecule has 1 aromatic carbocycles. The number of benzene rings is 1. The Bertz CT molecular complexity index is 2200. The molecule has 1 saturated carbocycles. The van der Waals surface area contributed by atoms with Crippen LogP contribution in [-0.4, -0.2) is 58.1 Å². The van der Waals surface area contributed by atoms with Crippen LogP contribution in [0.1, 0.15) is 84.2 Å². The first-order valence-corrected chi connectivity index (χ1v) is 19.5. The van der Waals surface area contributed by atoms with Crippen LogP contribution in [0.5, 0.6) is 0 Å². The molecule has 3 aromatic heterocycles. The smallest absolute Gasteiger partial charge is 0.359 e. The highest BCUT2D eigenvalue weighted by Gasteiger charge is 2.45. The quantitative estimate of drug-likeness (QED) is 0.184. The molecule has 0 bridgehead atoms. The van der Waals surface area contributed by atoms with E-state index < -0.39 is 57.7 Å². The van der Waals surface area contributed by atoms with Gasteiger partial charge in [0.25, 0.3) is 0 Å². The number of nitrogens with one attached hydrogen (secondary N) is 2. The number of carbonyl (C=O) groups excluding carboxylic acids is 2. The minimum absolute atomic E-state index is 0.0265. The number of carbonyl (C=O) groups is 2. The van der Waals surface area contributed by atoms with Crippen LogP contribution in [0, 0.1) is 0 Å². The van der Waals surface area contributed by atoms with Crippen molar-refractivity contribution in [3.05, 3.63) is 76.8 Å². The average molecular weight is 801 g/mol. The second-order valence-electron chi connectivity index (χ2n) is 14.5. The standard InChI is InChI=1S/C17H20ClN3O3S.C17H20F3N3O4S/c1-17(2,25(23,24)13-8-6-12(18)7-9-13)16(22)19-15-10-14(11-4-5-11)20-21(15)3;1-15(2,3)11-8-12(23-27-11)22-14(24)16(4,5)28(25,26)13-7-6-10(9-21-13)17(18,19)20/h6-11H,4-5H2,1-3H3,(H,19,22);6-9H,1-5H3,(H,22,23,24). The number of nitrogens with zero attached hydrogens (tertiary/aromatic N) is 4. The fraction of sp³-hybridized carbons (Fsp3) is 0.441. The van der Waals surface area contributed by atoms with Crippen molar-refractivity contribution in [2.24, 2.45) is 7.05 Å². The normalized spacial score (nSPS) is 14.3. The van der Waals surface area contributed by atoms with Gasteiger partial charge in [0.15, 0.2) is 25.4 Å². The lowest BCUT2D eigenvalue weighted by molar-refractivity contribution is -0.138. The molecule has 13 nitrogen and oxygen atoms in total. The van der Waals surface area contributed by atoms with Crippen molar-refractivity contribution in [1.82, 2.24) is 19.9 Å². The third kappa shape index (κ3) is 8.92. The lowest BCUT2D eigenvalue weighted by atomic mass is 9.93. The molecule has 3 heterocycles. The Morgan fingerprint density at radius 3 is 1.91 bits per heavy atom. The molecule has 19 heteroatoms. The number of pyridine rings is 1. The Kier molecular flexibility index (Phi) is 11.3. The minimum Gasteiger partial charge on any atom is -0.359 e. The Hall–Kier alpha value is -4.29. The van der Waals surface area contributed by atoms with Gasteiger partial charge in [-0.3, -0.25) is 14.3 Å². The van der Waals surface area contributed by atoms with E-state index in [0.29, 0.717) is 34.8 Å². The summed E-state index contributed by atoms with van der Waals surface area (Å²) in [4.78, 5) is 28.7. The van der Waals surface area contributed by atoms with E-state index in [1.165, 1.54) is 44.2 Å². The minimum atomic E-state index is -4.65. The van der Waals surface area contributed by atoms with Gasteiger partial charge in [0.2, 0.25) is 21.7 Å². The van der Waals surface area contributed by atoms with Gasteiger partial charge in [-0.05, 0) is 76.9 Å². The summed E-state index contributed by atoms with van der Waals surface area (Å²) >= 11 is 5.81. The van der Waals surface area contributed by atoms with Crippen LogP contribution >= 0.6 is 11.6 Å². The van der Waals surface area contributed by atoms with E-state index in [1.54, 1.807) is 17.8 Å². The zero-order chi connectivity index (χ0) is 39.9. The van der Waals surface area contributed by atoms with Crippen molar-refractivity contribution in [3.63, 3.8) is 0 Å².